The molecule has 0 N–H and O–H groups in total. The zero-order valence-electron chi connectivity index (χ0n) is 4.43. The minimum absolute atomic E-state index is 0.0671. The number of nitriles is 1. The lowest BCUT2D eigenvalue weighted by atomic mass is 10.1. The van der Waals surface area contributed by atoms with Crippen molar-refractivity contribution in [3.8, 4) is 6.07 Å². The molecule has 0 bridgehead atoms. The van der Waals surface area contributed by atoms with Crippen molar-refractivity contribution in [2.24, 2.45) is 5.92 Å². The van der Waals surface area contributed by atoms with Crippen LogP contribution in [0.3, 0.4) is 0 Å². The highest BCUT2D eigenvalue weighted by molar-refractivity contribution is 5.80. The van der Waals surface area contributed by atoms with Crippen LogP contribution >= 0.6 is 0 Å². The van der Waals surface area contributed by atoms with E-state index in [1.807, 2.05) is 6.07 Å². The maximum absolute atomic E-state index is 10.2. The Morgan fingerprint density at radius 1 is 1.86 bits per heavy atom. The van der Waals surface area contributed by atoms with E-state index in [2.05, 4.69) is 0 Å². The Balaban J connectivity index is 3.63. The summed E-state index contributed by atoms with van der Waals surface area (Å²) in [4.78, 5) is 10.2. The molecule has 38 valence electrons. The molecule has 0 fully saturated rings. The largest absolute Gasteiger partial charge is 0.299 e. The number of carbonyl (C=O) groups is 1. The number of ketones is 1. The quantitative estimate of drug-likeness (QED) is 0.484. The van der Waals surface area contributed by atoms with E-state index < -0.39 is 5.92 Å². The van der Waals surface area contributed by atoms with E-state index in [4.69, 9.17) is 5.26 Å². The Labute approximate surface area is 42.8 Å². The van der Waals surface area contributed by atoms with Crippen molar-refractivity contribution in [2.45, 2.75) is 13.8 Å². The molecule has 0 aromatic rings. The fourth-order valence-corrected chi connectivity index (χ4v) is 0.0909. The van der Waals surface area contributed by atoms with Crippen LogP contribution in [0.15, 0.2) is 0 Å². The van der Waals surface area contributed by atoms with E-state index in [0.29, 0.717) is 0 Å². The Hall–Kier alpha value is -0.840. The van der Waals surface area contributed by atoms with Gasteiger partial charge in [0.05, 0.1) is 6.07 Å². The van der Waals surface area contributed by atoms with Crippen LogP contribution in [0.2, 0.25) is 0 Å². The summed E-state index contributed by atoms with van der Waals surface area (Å²) in [6.07, 6.45) is 0. The monoisotopic (exact) mass is 97.1 g/mol. The number of rotatable bonds is 1. The van der Waals surface area contributed by atoms with Crippen LogP contribution in [0.1, 0.15) is 13.8 Å². The van der Waals surface area contributed by atoms with E-state index in [9.17, 15) is 4.79 Å². The zero-order chi connectivity index (χ0) is 5.86. The summed E-state index contributed by atoms with van der Waals surface area (Å²) in [5.41, 5.74) is 0. The molecule has 0 spiro atoms. The average Bonchev–Trinajstić information content (AvgIpc) is 1.65. The number of hydrogen-bond acceptors (Lipinski definition) is 2. The fraction of sp³-hybridized carbons (Fsp3) is 0.600. The highest BCUT2D eigenvalue weighted by Crippen LogP contribution is 1.90. The van der Waals surface area contributed by atoms with Crippen LogP contribution in [0.5, 0.6) is 0 Å². The molecular formula is C5H7NO. The minimum atomic E-state index is -0.431. The van der Waals surface area contributed by atoms with E-state index in [1.54, 1.807) is 6.92 Å². The van der Waals surface area contributed by atoms with E-state index in [1.165, 1.54) is 6.92 Å². The van der Waals surface area contributed by atoms with Crippen molar-refractivity contribution in [1.82, 2.24) is 0 Å². The first-order valence-corrected chi connectivity index (χ1v) is 2.08. The molecule has 0 heterocycles. The number of carbonyl (C=O) groups excluding carboxylic acids is 1. The molecule has 0 saturated carbocycles. The lowest BCUT2D eigenvalue weighted by Crippen LogP contribution is -2.01. The summed E-state index contributed by atoms with van der Waals surface area (Å²) in [5, 5.41) is 8.03. The first-order chi connectivity index (χ1) is 3.18. The second-order valence-corrected chi connectivity index (χ2v) is 1.46. The molecule has 0 saturated heterocycles. The van der Waals surface area contributed by atoms with E-state index in [-0.39, 0.29) is 5.78 Å². The number of hydrogen-bond donors (Lipinski definition) is 0. The van der Waals surface area contributed by atoms with Gasteiger partial charge in [-0.1, -0.05) is 0 Å². The molecule has 0 aromatic carbocycles. The Kier molecular flexibility index (Phi) is 2.07. The van der Waals surface area contributed by atoms with Gasteiger partial charge in [0.1, 0.15) is 11.7 Å². The summed E-state index contributed by atoms with van der Waals surface area (Å²) < 4.78 is 0. The van der Waals surface area contributed by atoms with Crippen molar-refractivity contribution in [1.29, 1.82) is 5.26 Å². The highest BCUT2D eigenvalue weighted by atomic mass is 16.1. The topological polar surface area (TPSA) is 40.9 Å². The molecule has 0 aromatic heterocycles. The highest BCUT2D eigenvalue weighted by Gasteiger charge is 2.02. The van der Waals surface area contributed by atoms with Crippen molar-refractivity contribution < 1.29 is 4.79 Å². The van der Waals surface area contributed by atoms with Gasteiger partial charge < -0.3 is 0 Å². The van der Waals surface area contributed by atoms with Gasteiger partial charge in [-0.3, -0.25) is 4.79 Å². The minimum Gasteiger partial charge on any atom is -0.299 e. The zero-order valence-corrected chi connectivity index (χ0v) is 4.43. The molecule has 0 radical (unpaired) electrons. The molecule has 0 aliphatic rings. The summed E-state index contributed by atoms with van der Waals surface area (Å²) in [6, 6.07) is 1.81. The summed E-state index contributed by atoms with van der Waals surface area (Å²) in [6.45, 7) is 3.00. The van der Waals surface area contributed by atoms with Crippen molar-refractivity contribution in [2.75, 3.05) is 0 Å². The lowest BCUT2D eigenvalue weighted by Gasteiger charge is -1.87. The summed E-state index contributed by atoms with van der Waals surface area (Å²) in [5.74, 6) is -0.498. The third-order valence-electron chi connectivity index (χ3n) is 0.803. The maximum Gasteiger partial charge on any atom is 0.146 e. The van der Waals surface area contributed by atoms with Gasteiger partial charge >= 0.3 is 0 Å². The molecular weight excluding hydrogens is 90.1 g/mol. The fourth-order valence-electron chi connectivity index (χ4n) is 0.0909. The van der Waals surface area contributed by atoms with Gasteiger partial charge in [-0.2, -0.15) is 5.26 Å². The van der Waals surface area contributed by atoms with E-state index >= 15 is 0 Å². The van der Waals surface area contributed by atoms with Gasteiger partial charge in [-0.15, -0.1) is 0 Å². The number of nitrogens with zero attached hydrogens (tertiary/aromatic N) is 1. The number of Topliss-reactive ketones (excluding diaryl/α,β-unsaturated/α-hetero) is 1. The Morgan fingerprint density at radius 3 is 2.29 bits per heavy atom. The van der Waals surface area contributed by atoms with Crippen LogP contribution < -0.4 is 0 Å². The SMILES string of the molecule is CC(=O)[C@H](C)C#N. The predicted molar refractivity (Wildman–Crippen MR) is 25.5 cm³/mol. The summed E-state index contributed by atoms with van der Waals surface area (Å²) >= 11 is 0. The average molecular weight is 97.1 g/mol. The van der Waals surface area contributed by atoms with Crippen LogP contribution in [0, 0.1) is 17.2 Å². The normalized spacial score (nSPS) is 12.1. The molecule has 0 rings (SSSR count). The summed E-state index contributed by atoms with van der Waals surface area (Å²) in [7, 11) is 0. The first-order valence-electron chi connectivity index (χ1n) is 2.08. The molecule has 2 nitrogen and oxygen atoms in total. The third kappa shape index (κ3) is 1.94. The molecule has 2 heteroatoms. The van der Waals surface area contributed by atoms with Crippen LogP contribution in [-0.4, -0.2) is 5.78 Å². The van der Waals surface area contributed by atoms with Crippen molar-refractivity contribution in [3.05, 3.63) is 0 Å². The Morgan fingerprint density at radius 2 is 2.29 bits per heavy atom. The second kappa shape index (κ2) is 2.35. The smallest absolute Gasteiger partial charge is 0.146 e. The molecule has 0 unspecified atom stereocenters. The predicted octanol–water partition coefficient (Wildman–Crippen LogP) is 0.735. The van der Waals surface area contributed by atoms with Crippen molar-refractivity contribution >= 4 is 5.78 Å². The standard InChI is InChI=1S/C5H7NO/c1-4(3-6)5(2)7/h4H,1-2H3/t4-/m1/s1. The first kappa shape index (κ1) is 6.16. The third-order valence-corrected chi connectivity index (χ3v) is 0.803. The van der Waals surface area contributed by atoms with Crippen LogP contribution in [0.4, 0.5) is 0 Å². The Bertz CT molecular complexity index is 112. The molecule has 0 aliphatic heterocycles. The lowest BCUT2D eigenvalue weighted by molar-refractivity contribution is -0.118. The van der Waals surface area contributed by atoms with Gasteiger partial charge in [-0.25, -0.2) is 0 Å². The van der Waals surface area contributed by atoms with Gasteiger partial charge in [-0.05, 0) is 13.8 Å². The van der Waals surface area contributed by atoms with Crippen LogP contribution in [0.25, 0.3) is 0 Å². The van der Waals surface area contributed by atoms with Gasteiger partial charge in [0.2, 0.25) is 0 Å². The maximum atomic E-state index is 10.2. The van der Waals surface area contributed by atoms with Gasteiger partial charge in [0.25, 0.3) is 0 Å². The second-order valence-electron chi connectivity index (χ2n) is 1.46. The molecule has 1 atom stereocenters. The molecule has 0 amide bonds. The van der Waals surface area contributed by atoms with Gasteiger partial charge in [0, 0.05) is 0 Å². The molecule has 0 aliphatic carbocycles. The van der Waals surface area contributed by atoms with Gasteiger partial charge in [0.15, 0.2) is 0 Å². The van der Waals surface area contributed by atoms with Crippen molar-refractivity contribution in [3.63, 3.8) is 0 Å². The molecule has 7 heavy (non-hydrogen) atoms. The van der Waals surface area contributed by atoms with E-state index in [0.717, 1.165) is 0 Å². The van der Waals surface area contributed by atoms with Crippen LogP contribution in [-0.2, 0) is 4.79 Å².